The molecule has 1 rings (SSSR count). The summed E-state index contributed by atoms with van der Waals surface area (Å²) in [5, 5.41) is 0. The first-order valence-corrected chi connectivity index (χ1v) is 6.55. The summed E-state index contributed by atoms with van der Waals surface area (Å²) >= 11 is 1.36. The first-order valence-electron chi connectivity index (χ1n) is 5.67. The smallest absolute Gasteiger partial charge is 0.306 e. The lowest BCUT2D eigenvalue weighted by atomic mass is 9.97. The van der Waals surface area contributed by atoms with Gasteiger partial charge in [0.2, 0.25) is 5.78 Å². The minimum absolute atomic E-state index is 0.0239. The van der Waals surface area contributed by atoms with E-state index >= 15 is 0 Å². The van der Waals surface area contributed by atoms with Crippen LogP contribution in [-0.4, -0.2) is 37.6 Å². The Morgan fingerprint density at radius 2 is 2.26 bits per heavy atom. The zero-order valence-electron chi connectivity index (χ0n) is 10.8. The van der Waals surface area contributed by atoms with E-state index in [9.17, 15) is 9.59 Å². The first-order chi connectivity index (χ1) is 9.17. The van der Waals surface area contributed by atoms with Gasteiger partial charge in [-0.3, -0.25) is 14.6 Å². The molecule has 1 heterocycles. The van der Waals surface area contributed by atoms with Gasteiger partial charge in [-0.15, -0.1) is 11.3 Å². The van der Waals surface area contributed by atoms with Gasteiger partial charge in [0.1, 0.15) is 0 Å². The van der Waals surface area contributed by atoms with E-state index in [1.807, 2.05) is 0 Å². The first kappa shape index (κ1) is 15.3. The predicted molar refractivity (Wildman–Crippen MR) is 70.6 cm³/mol. The third-order valence-corrected chi connectivity index (χ3v) is 3.11. The van der Waals surface area contributed by atoms with Crippen molar-refractivity contribution in [1.82, 2.24) is 4.98 Å². The van der Waals surface area contributed by atoms with Crippen LogP contribution in [0, 0.1) is 17.8 Å². The van der Waals surface area contributed by atoms with E-state index in [0.29, 0.717) is 13.0 Å². The van der Waals surface area contributed by atoms with Crippen molar-refractivity contribution in [3.8, 4) is 11.8 Å². The topological polar surface area (TPSA) is 65.5 Å². The molecule has 0 radical (unpaired) electrons. The Labute approximate surface area is 115 Å². The summed E-state index contributed by atoms with van der Waals surface area (Å²) in [4.78, 5) is 27.8. The molecule has 0 aliphatic rings. The van der Waals surface area contributed by atoms with Crippen LogP contribution < -0.4 is 0 Å². The van der Waals surface area contributed by atoms with Crippen LogP contribution in [-0.2, 0) is 19.1 Å². The van der Waals surface area contributed by atoms with Gasteiger partial charge in [0.15, 0.2) is 0 Å². The van der Waals surface area contributed by atoms with Crippen LogP contribution in [0.4, 0.5) is 0 Å². The van der Waals surface area contributed by atoms with Crippen LogP contribution in [0.2, 0.25) is 0 Å². The van der Waals surface area contributed by atoms with Crippen LogP contribution in [0.5, 0.6) is 0 Å². The Bertz CT molecular complexity index is 473. The lowest BCUT2D eigenvalue weighted by molar-refractivity contribution is -0.143. The van der Waals surface area contributed by atoms with E-state index in [1.165, 1.54) is 18.4 Å². The highest BCUT2D eigenvalue weighted by Gasteiger charge is 2.20. The van der Waals surface area contributed by atoms with Gasteiger partial charge in [-0.2, -0.15) is 0 Å². The number of hydrogen-bond acceptors (Lipinski definition) is 6. The molecule has 1 aromatic heterocycles. The van der Waals surface area contributed by atoms with Crippen LogP contribution >= 0.6 is 11.3 Å². The van der Waals surface area contributed by atoms with E-state index in [0.717, 1.165) is 4.88 Å². The van der Waals surface area contributed by atoms with Gasteiger partial charge in [0, 0.05) is 19.6 Å². The van der Waals surface area contributed by atoms with Crippen molar-refractivity contribution >= 4 is 23.1 Å². The molecule has 5 nitrogen and oxygen atoms in total. The average Bonchev–Trinajstić information content (AvgIpc) is 2.93. The minimum atomic E-state index is -0.493. The summed E-state index contributed by atoms with van der Waals surface area (Å²) in [5.74, 6) is 4.08. The molecule has 1 unspecified atom stereocenters. The normalized spacial score (nSPS) is 11.3. The molecule has 0 aliphatic carbocycles. The second-order valence-corrected chi connectivity index (χ2v) is 4.62. The number of Topliss-reactive ketones (excluding diaryl/α,β-unsaturated/α-hetero) is 1. The largest absolute Gasteiger partial charge is 0.469 e. The Kier molecular flexibility index (Phi) is 6.79. The highest BCUT2D eigenvalue weighted by molar-refractivity contribution is 7.10. The predicted octanol–water partition coefficient (Wildman–Crippen LogP) is 1.28. The van der Waals surface area contributed by atoms with Gasteiger partial charge < -0.3 is 9.47 Å². The lowest BCUT2D eigenvalue weighted by Crippen LogP contribution is -2.19. The summed E-state index contributed by atoms with van der Waals surface area (Å²) in [6, 6.07) is 0. The van der Waals surface area contributed by atoms with Crippen molar-refractivity contribution in [2.45, 2.75) is 12.8 Å². The molecule has 0 amide bonds. The summed E-state index contributed by atoms with van der Waals surface area (Å²) < 4.78 is 9.50. The second kappa shape index (κ2) is 8.40. The lowest BCUT2D eigenvalue weighted by Gasteiger charge is -2.10. The monoisotopic (exact) mass is 281 g/mol. The maximum Gasteiger partial charge on any atom is 0.306 e. The number of nitrogens with zero attached hydrogens (tertiary/aromatic N) is 1. The van der Waals surface area contributed by atoms with Crippen LogP contribution in [0.3, 0.4) is 0 Å². The number of thiazole rings is 1. The number of ketones is 1. The highest BCUT2D eigenvalue weighted by Crippen LogP contribution is 2.11. The van der Waals surface area contributed by atoms with E-state index in [1.54, 1.807) is 18.8 Å². The Hall–Kier alpha value is -1.71. The quantitative estimate of drug-likeness (QED) is 0.580. The van der Waals surface area contributed by atoms with Gasteiger partial charge in [-0.1, -0.05) is 0 Å². The Morgan fingerprint density at radius 3 is 2.84 bits per heavy atom. The van der Waals surface area contributed by atoms with E-state index in [2.05, 4.69) is 21.6 Å². The maximum absolute atomic E-state index is 11.9. The fraction of sp³-hybridized carbons (Fsp3) is 0.462. The van der Waals surface area contributed by atoms with Crippen LogP contribution in [0.1, 0.15) is 17.7 Å². The summed E-state index contributed by atoms with van der Waals surface area (Å²) in [5.41, 5.74) is 1.64. The number of aromatic nitrogens is 1. The summed E-state index contributed by atoms with van der Waals surface area (Å²) in [6.45, 7) is 0.398. The van der Waals surface area contributed by atoms with Crippen molar-refractivity contribution in [2.24, 2.45) is 5.92 Å². The molecule has 102 valence electrons. The molecule has 0 spiro atoms. The number of carbonyl (C=O) groups is 2. The molecule has 0 aliphatic heterocycles. The van der Waals surface area contributed by atoms with Crippen molar-refractivity contribution in [3.63, 3.8) is 0 Å². The SMILES string of the molecule is COCCC(CC(=O)OC)C(=O)C#Cc1cncs1. The van der Waals surface area contributed by atoms with Gasteiger partial charge in [0.25, 0.3) is 0 Å². The third-order valence-electron chi connectivity index (χ3n) is 2.42. The summed E-state index contributed by atoms with van der Waals surface area (Å²) in [6.07, 6.45) is 2.06. The highest BCUT2D eigenvalue weighted by atomic mass is 32.1. The van der Waals surface area contributed by atoms with Crippen LogP contribution in [0.25, 0.3) is 0 Å². The standard InChI is InChI=1S/C13H15NO4S/c1-17-6-5-10(7-13(16)18-2)12(15)4-3-11-8-14-9-19-11/h8-10H,5-7H2,1-2H3. The number of rotatable bonds is 6. The molecular weight excluding hydrogens is 266 g/mol. The third kappa shape index (κ3) is 5.64. The molecule has 0 saturated carbocycles. The molecule has 0 bridgehead atoms. The van der Waals surface area contributed by atoms with Crippen LogP contribution in [0.15, 0.2) is 11.7 Å². The minimum Gasteiger partial charge on any atom is -0.469 e. The van der Waals surface area contributed by atoms with Gasteiger partial charge in [-0.25, -0.2) is 0 Å². The van der Waals surface area contributed by atoms with E-state index < -0.39 is 11.9 Å². The fourth-order valence-electron chi connectivity index (χ4n) is 1.37. The average molecular weight is 281 g/mol. The molecule has 1 atom stereocenters. The summed E-state index contributed by atoms with van der Waals surface area (Å²) in [7, 11) is 2.84. The van der Waals surface area contributed by atoms with Gasteiger partial charge >= 0.3 is 5.97 Å². The Balaban J connectivity index is 2.67. The van der Waals surface area contributed by atoms with Crippen molar-refractivity contribution < 1.29 is 19.1 Å². The molecule has 6 heteroatoms. The van der Waals surface area contributed by atoms with Crippen molar-refractivity contribution in [3.05, 3.63) is 16.6 Å². The Morgan fingerprint density at radius 1 is 1.47 bits per heavy atom. The molecule has 0 saturated heterocycles. The zero-order valence-corrected chi connectivity index (χ0v) is 11.7. The molecule has 19 heavy (non-hydrogen) atoms. The van der Waals surface area contributed by atoms with E-state index in [4.69, 9.17) is 4.74 Å². The zero-order chi connectivity index (χ0) is 14.1. The molecular formula is C13H15NO4S. The van der Waals surface area contributed by atoms with Crippen molar-refractivity contribution in [1.29, 1.82) is 0 Å². The number of methoxy groups -OCH3 is 2. The van der Waals surface area contributed by atoms with Gasteiger partial charge in [-0.05, 0) is 18.3 Å². The molecule has 0 fully saturated rings. The fourth-order valence-corrected chi connectivity index (χ4v) is 1.84. The molecule has 1 aromatic rings. The van der Waals surface area contributed by atoms with Gasteiger partial charge in [0.05, 0.1) is 30.1 Å². The van der Waals surface area contributed by atoms with Crippen molar-refractivity contribution in [2.75, 3.05) is 20.8 Å². The maximum atomic E-state index is 11.9. The number of ether oxygens (including phenoxy) is 2. The number of esters is 1. The number of carbonyl (C=O) groups excluding carboxylic acids is 2. The molecule has 0 aromatic carbocycles. The second-order valence-electron chi connectivity index (χ2n) is 3.74. The number of hydrogen-bond donors (Lipinski definition) is 0. The van der Waals surface area contributed by atoms with E-state index in [-0.39, 0.29) is 12.2 Å². The molecule has 0 N–H and O–H groups in total.